The fourth-order valence-electron chi connectivity index (χ4n) is 4.89. The van der Waals surface area contributed by atoms with Crippen LogP contribution >= 0.6 is 0 Å². The molecule has 1 aliphatic rings. The molecule has 1 saturated heterocycles. The number of nitrogens with zero attached hydrogens (tertiary/aromatic N) is 9. The van der Waals surface area contributed by atoms with Crippen molar-refractivity contribution in [3.63, 3.8) is 0 Å². The molecule has 0 bridgehead atoms. The maximum Gasteiger partial charge on any atom is 0.246 e. The zero-order valence-corrected chi connectivity index (χ0v) is 22.7. The van der Waals surface area contributed by atoms with E-state index in [2.05, 4.69) is 36.9 Å². The molecule has 12 nitrogen and oxygen atoms in total. The van der Waals surface area contributed by atoms with Gasteiger partial charge in [0.15, 0.2) is 17.3 Å². The summed E-state index contributed by atoms with van der Waals surface area (Å²) >= 11 is 0. The summed E-state index contributed by atoms with van der Waals surface area (Å²) in [4.78, 5) is 38.1. The smallest absolute Gasteiger partial charge is 0.246 e. The molecule has 4 aromatic heterocycles. The van der Waals surface area contributed by atoms with Crippen LogP contribution < -0.4 is 15.0 Å². The molecule has 0 unspecified atom stereocenters. The number of benzene rings is 1. The van der Waals surface area contributed by atoms with E-state index < -0.39 is 5.82 Å². The van der Waals surface area contributed by atoms with E-state index in [1.54, 1.807) is 53.0 Å². The van der Waals surface area contributed by atoms with Crippen LogP contribution in [0.1, 0.15) is 19.4 Å². The molecule has 1 aliphatic heterocycles. The standard InChI is InChI=1S/C28H27FN10O2/c1-5-24(40)37-12-17(3)38(13-16(37)2)28-30-11-21-26(36-28)27(33-14-31-21)35-20-6-7-22(18(4)25(20)29)41-19-8-9-39-23(10-19)32-15-34-39/h5-11,14-17H,1,12-13H2,2-4H3,(H,31,33,35)/t16-,17-/m1/s1. The van der Waals surface area contributed by atoms with Gasteiger partial charge in [-0.3, -0.25) is 4.79 Å². The first-order chi connectivity index (χ1) is 19.8. The molecule has 1 fully saturated rings. The van der Waals surface area contributed by atoms with Crippen LogP contribution in [0.4, 0.5) is 21.8 Å². The van der Waals surface area contributed by atoms with Gasteiger partial charge in [0.25, 0.3) is 0 Å². The molecule has 0 saturated carbocycles. The van der Waals surface area contributed by atoms with E-state index in [0.29, 0.717) is 58.6 Å². The molecule has 0 aliphatic carbocycles. The Hall–Kier alpha value is -5.20. The fraction of sp³-hybridized carbons (Fsp3) is 0.250. The number of piperazine rings is 1. The highest BCUT2D eigenvalue weighted by Gasteiger charge is 2.32. The van der Waals surface area contributed by atoms with Crippen molar-refractivity contribution in [1.29, 1.82) is 0 Å². The lowest BCUT2D eigenvalue weighted by atomic mass is 10.1. The molecule has 1 amide bonds. The summed E-state index contributed by atoms with van der Waals surface area (Å²) in [5.74, 6) is 1.10. The number of fused-ring (bicyclic) bond motifs is 2. The molecular weight excluding hydrogens is 527 g/mol. The monoisotopic (exact) mass is 554 g/mol. The van der Waals surface area contributed by atoms with Gasteiger partial charge in [-0.25, -0.2) is 33.8 Å². The SMILES string of the molecule is C=CC(=O)N1C[C@@H](C)N(c2ncc3ncnc(Nc4ccc(Oc5ccn6ncnc6c5)c(C)c4F)c3n2)C[C@H]1C. The van der Waals surface area contributed by atoms with Crippen molar-refractivity contribution in [2.45, 2.75) is 32.9 Å². The number of carbonyl (C=O) groups is 1. The summed E-state index contributed by atoms with van der Waals surface area (Å²) < 4.78 is 23.1. The number of aromatic nitrogens is 7. The van der Waals surface area contributed by atoms with E-state index in [0.717, 1.165) is 0 Å². The Bertz CT molecular complexity index is 1790. The first-order valence-corrected chi connectivity index (χ1v) is 13.0. The van der Waals surface area contributed by atoms with Gasteiger partial charge < -0.3 is 19.9 Å². The minimum Gasteiger partial charge on any atom is -0.457 e. The second kappa shape index (κ2) is 10.4. The first-order valence-electron chi connectivity index (χ1n) is 13.0. The van der Waals surface area contributed by atoms with E-state index in [4.69, 9.17) is 9.72 Å². The number of halogens is 1. The van der Waals surface area contributed by atoms with Crippen LogP contribution in [0.15, 0.2) is 62.0 Å². The lowest BCUT2D eigenvalue weighted by Crippen LogP contribution is -2.58. The zero-order chi connectivity index (χ0) is 28.7. The van der Waals surface area contributed by atoms with Crippen molar-refractivity contribution in [3.05, 3.63) is 73.3 Å². The van der Waals surface area contributed by atoms with Gasteiger partial charge in [0, 0.05) is 43.0 Å². The molecule has 208 valence electrons. The minimum atomic E-state index is -0.488. The van der Waals surface area contributed by atoms with Crippen molar-refractivity contribution in [3.8, 4) is 11.5 Å². The van der Waals surface area contributed by atoms with Gasteiger partial charge in [-0.2, -0.15) is 5.10 Å². The molecule has 41 heavy (non-hydrogen) atoms. The van der Waals surface area contributed by atoms with E-state index in [-0.39, 0.29) is 23.7 Å². The number of nitrogens with one attached hydrogen (secondary N) is 1. The Labute approximate surface area is 234 Å². The van der Waals surface area contributed by atoms with Gasteiger partial charge in [0.05, 0.1) is 11.9 Å². The second-order valence-corrected chi connectivity index (χ2v) is 9.87. The molecule has 0 radical (unpaired) electrons. The van der Waals surface area contributed by atoms with E-state index in [9.17, 15) is 4.79 Å². The Morgan fingerprint density at radius 3 is 2.80 bits per heavy atom. The van der Waals surface area contributed by atoms with E-state index in [1.807, 2.05) is 18.7 Å². The number of ether oxygens (including phenoxy) is 1. The Kier molecular flexibility index (Phi) is 6.61. The summed E-state index contributed by atoms with van der Waals surface area (Å²) in [5, 5.41) is 7.14. The molecule has 5 aromatic rings. The largest absolute Gasteiger partial charge is 0.457 e. The lowest BCUT2D eigenvalue weighted by Gasteiger charge is -2.43. The maximum absolute atomic E-state index is 15.6. The molecule has 13 heteroatoms. The van der Waals surface area contributed by atoms with Gasteiger partial charge in [-0.15, -0.1) is 0 Å². The molecule has 5 heterocycles. The summed E-state index contributed by atoms with van der Waals surface area (Å²) in [6, 6.07) is 6.63. The Balaban J connectivity index is 1.27. The molecular formula is C28H27FN10O2. The minimum absolute atomic E-state index is 0.0355. The average Bonchev–Trinajstić information content (AvgIpc) is 3.45. The van der Waals surface area contributed by atoms with Crippen molar-refractivity contribution in [1.82, 2.24) is 39.4 Å². The fourth-order valence-corrected chi connectivity index (χ4v) is 4.89. The van der Waals surface area contributed by atoms with E-state index >= 15 is 4.39 Å². The van der Waals surface area contributed by atoms with Gasteiger partial charge in [-0.1, -0.05) is 6.58 Å². The summed E-state index contributed by atoms with van der Waals surface area (Å²) in [6.45, 7) is 10.3. The number of amides is 1. The van der Waals surface area contributed by atoms with Crippen molar-refractivity contribution < 1.29 is 13.9 Å². The summed E-state index contributed by atoms with van der Waals surface area (Å²) in [6.07, 6.45) is 7.49. The first kappa shape index (κ1) is 26.0. The van der Waals surface area contributed by atoms with Crippen molar-refractivity contribution in [2.24, 2.45) is 0 Å². The maximum atomic E-state index is 15.6. The quantitative estimate of drug-likeness (QED) is 0.307. The molecule has 6 rings (SSSR count). The van der Waals surface area contributed by atoms with Crippen LogP contribution in [0, 0.1) is 12.7 Å². The van der Waals surface area contributed by atoms with Crippen LogP contribution in [-0.4, -0.2) is 70.5 Å². The predicted octanol–water partition coefficient (Wildman–Crippen LogP) is 4.06. The van der Waals surface area contributed by atoms with Crippen LogP contribution in [-0.2, 0) is 4.79 Å². The third kappa shape index (κ3) is 4.86. The number of rotatable bonds is 6. The van der Waals surface area contributed by atoms with Gasteiger partial charge in [0.1, 0.15) is 35.2 Å². The third-order valence-electron chi connectivity index (χ3n) is 7.13. The van der Waals surface area contributed by atoms with Crippen LogP contribution in [0.5, 0.6) is 11.5 Å². The average molecular weight is 555 g/mol. The normalized spacial score (nSPS) is 17.2. The molecule has 2 atom stereocenters. The van der Waals surface area contributed by atoms with Gasteiger partial charge in [-0.05, 0) is 45.0 Å². The highest BCUT2D eigenvalue weighted by molar-refractivity contribution is 5.88. The Morgan fingerprint density at radius 1 is 1.12 bits per heavy atom. The number of pyridine rings is 1. The molecule has 0 spiro atoms. The van der Waals surface area contributed by atoms with Crippen molar-refractivity contribution >= 4 is 40.0 Å². The van der Waals surface area contributed by atoms with Gasteiger partial charge in [0.2, 0.25) is 11.9 Å². The van der Waals surface area contributed by atoms with Crippen LogP contribution in [0.2, 0.25) is 0 Å². The zero-order valence-electron chi connectivity index (χ0n) is 22.7. The highest BCUT2D eigenvalue weighted by Crippen LogP contribution is 2.33. The number of hydrogen-bond donors (Lipinski definition) is 1. The van der Waals surface area contributed by atoms with Crippen LogP contribution in [0.25, 0.3) is 16.7 Å². The second-order valence-electron chi connectivity index (χ2n) is 9.87. The number of carbonyl (C=O) groups excluding carboxylic acids is 1. The number of anilines is 3. The highest BCUT2D eigenvalue weighted by atomic mass is 19.1. The summed E-state index contributed by atoms with van der Waals surface area (Å²) in [7, 11) is 0. The third-order valence-corrected chi connectivity index (χ3v) is 7.13. The van der Waals surface area contributed by atoms with E-state index in [1.165, 1.54) is 18.7 Å². The van der Waals surface area contributed by atoms with Gasteiger partial charge >= 0.3 is 0 Å². The summed E-state index contributed by atoms with van der Waals surface area (Å²) in [5.41, 5.74) is 2.10. The lowest BCUT2D eigenvalue weighted by molar-refractivity contribution is -0.128. The van der Waals surface area contributed by atoms with Crippen LogP contribution in [0.3, 0.4) is 0 Å². The molecule has 1 aromatic carbocycles. The number of hydrogen-bond acceptors (Lipinski definition) is 10. The molecule has 1 N–H and O–H groups in total. The van der Waals surface area contributed by atoms with Crippen molar-refractivity contribution in [2.75, 3.05) is 23.3 Å². The topological polar surface area (TPSA) is 127 Å². The Morgan fingerprint density at radius 2 is 1.98 bits per heavy atom. The predicted molar refractivity (Wildman–Crippen MR) is 151 cm³/mol.